The van der Waals surface area contributed by atoms with Gasteiger partial charge in [0.15, 0.2) is 0 Å². The molecule has 116 valence electrons. The molecular weight excluding hydrogens is 296 g/mol. The van der Waals surface area contributed by atoms with E-state index in [4.69, 9.17) is 16.5 Å². The Morgan fingerprint density at radius 2 is 1.86 bits per heavy atom. The zero-order chi connectivity index (χ0) is 15.0. The SMILES string of the molecule is Cc1c(N)ccc(/N=C2/C=C3CCCN=C3C=C2N)c1C.Cl. The van der Waals surface area contributed by atoms with Gasteiger partial charge in [-0.05, 0) is 67.7 Å². The lowest BCUT2D eigenvalue weighted by Gasteiger charge is -2.19. The summed E-state index contributed by atoms with van der Waals surface area (Å²) in [5.41, 5.74) is 19.7. The Bertz CT molecular complexity index is 726. The molecule has 0 amide bonds. The maximum atomic E-state index is 6.13. The van der Waals surface area contributed by atoms with Crippen LogP contribution in [0.1, 0.15) is 24.0 Å². The van der Waals surface area contributed by atoms with E-state index in [9.17, 15) is 0 Å². The maximum absolute atomic E-state index is 6.13. The number of aliphatic imine (C=N–C) groups is 2. The van der Waals surface area contributed by atoms with E-state index >= 15 is 0 Å². The molecule has 0 saturated carbocycles. The fourth-order valence-corrected chi connectivity index (χ4v) is 2.63. The highest BCUT2D eigenvalue weighted by Gasteiger charge is 2.18. The zero-order valence-corrected chi connectivity index (χ0v) is 13.7. The fraction of sp³-hybridized carbons (Fsp3) is 0.294. The Hall–Kier alpha value is -2.07. The van der Waals surface area contributed by atoms with Gasteiger partial charge in [0.1, 0.15) is 0 Å². The summed E-state index contributed by atoms with van der Waals surface area (Å²) < 4.78 is 0. The highest BCUT2D eigenvalue weighted by Crippen LogP contribution is 2.28. The van der Waals surface area contributed by atoms with Crippen LogP contribution in [-0.2, 0) is 0 Å². The number of nitrogens with zero attached hydrogens (tertiary/aromatic N) is 2. The summed E-state index contributed by atoms with van der Waals surface area (Å²) >= 11 is 0. The van der Waals surface area contributed by atoms with Gasteiger partial charge in [0.2, 0.25) is 0 Å². The molecule has 2 aliphatic rings. The van der Waals surface area contributed by atoms with Crippen molar-refractivity contribution in [3.05, 3.63) is 46.7 Å². The summed E-state index contributed by atoms with van der Waals surface area (Å²) in [7, 11) is 0. The number of hydrogen-bond donors (Lipinski definition) is 2. The van der Waals surface area contributed by atoms with Gasteiger partial charge in [0.25, 0.3) is 0 Å². The van der Waals surface area contributed by atoms with Crippen LogP contribution in [-0.4, -0.2) is 18.0 Å². The summed E-state index contributed by atoms with van der Waals surface area (Å²) in [5, 5.41) is 0. The number of halogens is 1. The van der Waals surface area contributed by atoms with Crippen molar-refractivity contribution in [3.8, 4) is 0 Å². The Morgan fingerprint density at radius 1 is 1.09 bits per heavy atom. The van der Waals surface area contributed by atoms with Crippen LogP contribution in [0.3, 0.4) is 0 Å². The van der Waals surface area contributed by atoms with E-state index in [2.05, 4.69) is 11.1 Å². The van der Waals surface area contributed by atoms with Crippen LogP contribution in [0.15, 0.2) is 45.5 Å². The van der Waals surface area contributed by atoms with Crippen molar-refractivity contribution in [1.82, 2.24) is 0 Å². The molecule has 0 fully saturated rings. The molecule has 1 aliphatic carbocycles. The first-order valence-electron chi connectivity index (χ1n) is 7.23. The predicted molar refractivity (Wildman–Crippen MR) is 96.6 cm³/mol. The van der Waals surface area contributed by atoms with E-state index in [-0.39, 0.29) is 12.4 Å². The first-order chi connectivity index (χ1) is 10.1. The van der Waals surface area contributed by atoms with Crippen molar-refractivity contribution in [2.24, 2.45) is 15.7 Å². The van der Waals surface area contributed by atoms with Gasteiger partial charge in [0.05, 0.1) is 22.8 Å². The lowest BCUT2D eigenvalue weighted by Crippen LogP contribution is -2.21. The third kappa shape index (κ3) is 2.92. The molecule has 0 bridgehead atoms. The van der Waals surface area contributed by atoms with Gasteiger partial charge in [-0.2, -0.15) is 0 Å². The summed E-state index contributed by atoms with van der Waals surface area (Å²) in [6.45, 7) is 4.94. The second-order valence-corrected chi connectivity index (χ2v) is 5.56. The zero-order valence-electron chi connectivity index (χ0n) is 12.9. The molecule has 3 rings (SSSR count). The van der Waals surface area contributed by atoms with E-state index in [0.29, 0.717) is 5.70 Å². The predicted octanol–water partition coefficient (Wildman–Crippen LogP) is 3.40. The second-order valence-electron chi connectivity index (χ2n) is 5.56. The van der Waals surface area contributed by atoms with E-state index in [0.717, 1.165) is 53.3 Å². The molecule has 4 N–H and O–H groups in total. The van der Waals surface area contributed by atoms with Gasteiger partial charge in [0, 0.05) is 12.2 Å². The van der Waals surface area contributed by atoms with Crippen LogP contribution in [0, 0.1) is 13.8 Å². The third-order valence-electron chi connectivity index (χ3n) is 4.16. The first kappa shape index (κ1) is 16.3. The Morgan fingerprint density at radius 3 is 2.64 bits per heavy atom. The van der Waals surface area contributed by atoms with E-state index in [1.807, 2.05) is 32.1 Å². The average molecular weight is 317 g/mol. The number of fused-ring (bicyclic) bond motifs is 1. The third-order valence-corrected chi connectivity index (χ3v) is 4.16. The molecule has 0 aromatic heterocycles. The standard InChI is InChI=1S/C17H20N4.ClH/c1-10-11(2)15(6-5-13(10)18)21-17-8-12-4-3-7-20-16(12)9-14(17)19;/h5-6,8-9H,3-4,7,18-19H2,1-2H3;1H/b21-17-;. The number of anilines is 1. The van der Waals surface area contributed by atoms with Gasteiger partial charge in [-0.15, -0.1) is 12.4 Å². The number of rotatable bonds is 1. The quantitative estimate of drug-likeness (QED) is 0.615. The number of hydrogen-bond acceptors (Lipinski definition) is 4. The molecule has 0 spiro atoms. The lowest BCUT2D eigenvalue weighted by atomic mass is 9.94. The van der Waals surface area contributed by atoms with E-state index in [1.165, 1.54) is 5.57 Å². The van der Waals surface area contributed by atoms with Crippen LogP contribution in [0.5, 0.6) is 0 Å². The second kappa shape index (κ2) is 6.36. The summed E-state index contributed by atoms with van der Waals surface area (Å²) in [4.78, 5) is 9.24. The van der Waals surface area contributed by atoms with Gasteiger partial charge < -0.3 is 11.5 Å². The van der Waals surface area contributed by atoms with E-state index < -0.39 is 0 Å². The van der Waals surface area contributed by atoms with Gasteiger partial charge in [-0.1, -0.05) is 0 Å². The molecule has 22 heavy (non-hydrogen) atoms. The van der Waals surface area contributed by atoms with Crippen molar-refractivity contribution >= 4 is 35.2 Å². The van der Waals surface area contributed by atoms with Crippen LogP contribution < -0.4 is 11.5 Å². The van der Waals surface area contributed by atoms with Crippen molar-refractivity contribution in [2.75, 3.05) is 12.3 Å². The molecule has 1 aliphatic heterocycles. The van der Waals surface area contributed by atoms with Crippen LogP contribution in [0.4, 0.5) is 11.4 Å². The fourth-order valence-electron chi connectivity index (χ4n) is 2.63. The normalized spacial score (nSPS) is 18.8. The highest BCUT2D eigenvalue weighted by atomic mass is 35.5. The van der Waals surface area contributed by atoms with Crippen LogP contribution in [0.2, 0.25) is 0 Å². The number of allylic oxidation sites excluding steroid dienone is 3. The van der Waals surface area contributed by atoms with Crippen molar-refractivity contribution in [1.29, 1.82) is 0 Å². The molecule has 4 nitrogen and oxygen atoms in total. The van der Waals surface area contributed by atoms with Crippen molar-refractivity contribution in [2.45, 2.75) is 26.7 Å². The molecule has 0 saturated heterocycles. The minimum Gasteiger partial charge on any atom is -0.399 e. The van der Waals surface area contributed by atoms with Crippen LogP contribution >= 0.6 is 12.4 Å². The summed E-state index contributed by atoms with van der Waals surface area (Å²) in [6, 6.07) is 3.84. The Labute approximate surface area is 137 Å². The highest BCUT2D eigenvalue weighted by molar-refractivity contribution is 6.24. The maximum Gasteiger partial charge on any atom is 0.0870 e. The molecule has 0 radical (unpaired) electrons. The smallest absolute Gasteiger partial charge is 0.0870 e. The molecular formula is C17H21ClN4. The molecule has 1 aromatic carbocycles. The molecule has 1 aromatic rings. The molecule has 1 heterocycles. The van der Waals surface area contributed by atoms with Gasteiger partial charge in [-0.3, -0.25) is 4.99 Å². The molecule has 0 atom stereocenters. The minimum atomic E-state index is 0. The molecule has 5 heteroatoms. The summed E-state index contributed by atoms with van der Waals surface area (Å²) in [5.74, 6) is 0. The Balaban J connectivity index is 0.00000176. The van der Waals surface area contributed by atoms with Crippen molar-refractivity contribution < 1.29 is 0 Å². The minimum absolute atomic E-state index is 0. The van der Waals surface area contributed by atoms with E-state index in [1.54, 1.807) is 0 Å². The monoisotopic (exact) mass is 316 g/mol. The molecule has 0 unspecified atom stereocenters. The largest absolute Gasteiger partial charge is 0.399 e. The number of nitrogen functional groups attached to an aromatic ring is 1. The average Bonchev–Trinajstić information content (AvgIpc) is 2.48. The number of nitrogens with two attached hydrogens (primary N) is 2. The topological polar surface area (TPSA) is 76.8 Å². The van der Waals surface area contributed by atoms with Gasteiger partial charge >= 0.3 is 0 Å². The van der Waals surface area contributed by atoms with Crippen molar-refractivity contribution in [3.63, 3.8) is 0 Å². The summed E-state index contributed by atoms with van der Waals surface area (Å²) in [6.07, 6.45) is 6.14. The Kier molecular flexibility index (Phi) is 4.71. The lowest BCUT2D eigenvalue weighted by molar-refractivity contribution is 0.816. The van der Waals surface area contributed by atoms with Crippen LogP contribution in [0.25, 0.3) is 0 Å². The first-order valence-corrected chi connectivity index (χ1v) is 7.23. The van der Waals surface area contributed by atoms with Gasteiger partial charge in [-0.25, -0.2) is 4.99 Å². The number of benzene rings is 1.